The second kappa shape index (κ2) is 7.63. The molecule has 0 unspecified atom stereocenters. The van der Waals surface area contributed by atoms with Crippen LogP contribution in [0.4, 0.5) is 0 Å². The molecule has 3 heterocycles. The summed E-state index contributed by atoms with van der Waals surface area (Å²) in [5, 5.41) is 0. The Hall–Kier alpha value is -1.44. The number of rotatable bonds is 4. The lowest BCUT2D eigenvalue weighted by Crippen LogP contribution is -2.52. The van der Waals surface area contributed by atoms with E-state index < -0.39 is 0 Å². The Morgan fingerprint density at radius 3 is 3.04 bits per heavy atom. The summed E-state index contributed by atoms with van der Waals surface area (Å²) in [6, 6.07) is 0. The standard InChI is InChI=1S/C17H28N4O3/c1-19-7-5-18-15(19)16(22)21-6-3-4-17(13-21)12-20(8-10-23-2)9-11-24-14-17/h5,7H,3-4,6,8-14H2,1-2H3/t17-/m0/s1. The van der Waals surface area contributed by atoms with Gasteiger partial charge in [0.25, 0.3) is 5.91 Å². The molecule has 2 aliphatic rings. The molecule has 0 radical (unpaired) electrons. The van der Waals surface area contributed by atoms with E-state index in [0.29, 0.717) is 5.82 Å². The topological polar surface area (TPSA) is 59.8 Å². The number of ether oxygens (including phenoxy) is 2. The molecule has 7 nitrogen and oxygen atoms in total. The summed E-state index contributed by atoms with van der Waals surface area (Å²) in [5.41, 5.74) is 0.0172. The van der Waals surface area contributed by atoms with E-state index in [0.717, 1.165) is 65.4 Å². The van der Waals surface area contributed by atoms with Crippen molar-refractivity contribution in [2.45, 2.75) is 12.8 Å². The van der Waals surface area contributed by atoms with Gasteiger partial charge < -0.3 is 18.9 Å². The van der Waals surface area contributed by atoms with Crippen molar-refractivity contribution in [2.24, 2.45) is 12.5 Å². The fraction of sp³-hybridized carbons (Fsp3) is 0.765. The largest absolute Gasteiger partial charge is 0.383 e. The number of methoxy groups -OCH3 is 1. The number of likely N-dealkylation sites (tertiary alicyclic amines) is 1. The molecule has 1 spiro atoms. The van der Waals surface area contributed by atoms with Gasteiger partial charge in [0.2, 0.25) is 0 Å². The van der Waals surface area contributed by atoms with Crippen LogP contribution < -0.4 is 0 Å². The first-order chi connectivity index (χ1) is 11.6. The summed E-state index contributed by atoms with van der Waals surface area (Å²) in [7, 11) is 3.60. The van der Waals surface area contributed by atoms with Crippen LogP contribution in [0.3, 0.4) is 0 Å². The lowest BCUT2D eigenvalue weighted by molar-refractivity contribution is 0.00559. The van der Waals surface area contributed by atoms with Crippen molar-refractivity contribution in [1.29, 1.82) is 0 Å². The Morgan fingerprint density at radius 2 is 2.29 bits per heavy atom. The monoisotopic (exact) mass is 336 g/mol. The maximum Gasteiger partial charge on any atom is 0.289 e. The minimum Gasteiger partial charge on any atom is -0.383 e. The zero-order chi connectivity index (χ0) is 17.0. The molecule has 1 amide bonds. The fourth-order valence-corrected chi connectivity index (χ4v) is 3.83. The Balaban J connectivity index is 1.71. The number of aryl methyl sites for hydroxylation is 1. The molecule has 0 saturated carbocycles. The third kappa shape index (κ3) is 3.79. The normalized spacial score (nSPS) is 25.8. The van der Waals surface area contributed by atoms with E-state index in [1.54, 1.807) is 17.9 Å². The molecule has 1 atom stereocenters. The SMILES string of the molecule is COCCN1CCOC[C@@]2(CCCN(C(=O)c3nccn3C)C2)C1. The van der Waals surface area contributed by atoms with Gasteiger partial charge in [0, 0.05) is 64.7 Å². The van der Waals surface area contributed by atoms with Crippen LogP contribution in [0.2, 0.25) is 0 Å². The predicted octanol–water partition coefficient (Wildman–Crippen LogP) is 0.621. The highest BCUT2D eigenvalue weighted by Crippen LogP contribution is 2.33. The Labute approximate surface area is 143 Å². The number of amides is 1. The Kier molecular flexibility index (Phi) is 5.53. The first-order valence-electron chi connectivity index (χ1n) is 8.69. The highest BCUT2D eigenvalue weighted by atomic mass is 16.5. The van der Waals surface area contributed by atoms with Gasteiger partial charge in [-0.25, -0.2) is 4.98 Å². The van der Waals surface area contributed by atoms with Gasteiger partial charge in [-0.2, -0.15) is 0 Å². The molecule has 2 saturated heterocycles. The van der Waals surface area contributed by atoms with Gasteiger partial charge in [-0.3, -0.25) is 9.69 Å². The van der Waals surface area contributed by atoms with Gasteiger partial charge in [-0.15, -0.1) is 0 Å². The first kappa shape index (κ1) is 17.4. The zero-order valence-electron chi connectivity index (χ0n) is 14.7. The Morgan fingerprint density at radius 1 is 1.42 bits per heavy atom. The first-order valence-corrected chi connectivity index (χ1v) is 8.69. The molecule has 0 aliphatic carbocycles. The molecule has 134 valence electrons. The van der Waals surface area contributed by atoms with Gasteiger partial charge in [-0.1, -0.05) is 0 Å². The quantitative estimate of drug-likeness (QED) is 0.807. The molecule has 1 aromatic rings. The van der Waals surface area contributed by atoms with Crippen LogP contribution in [0.5, 0.6) is 0 Å². The number of hydrogen-bond donors (Lipinski definition) is 0. The van der Waals surface area contributed by atoms with E-state index in [1.807, 2.05) is 18.1 Å². The molecule has 1 aromatic heterocycles. The minimum atomic E-state index is 0.0172. The summed E-state index contributed by atoms with van der Waals surface area (Å²) in [6.07, 6.45) is 5.60. The van der Waals surface area contributed by atoms with Crippen LogP contribution in [0.15, 0.2) is 12.4 Å². The third-order valence-electron chi connectivity index (χ3n) is 5.09. The minimum absolute atomic E-state index is 0.0172. The van der Waals surface area contributed by atoms with Crippen molar-refractivity contribution in [2.75, 3.05) is 59.7 Å². The van der Waals surface area contributed by atoms with Crippen LogP contribution in [-0.2, 0) is 16.5 Å². The number of hydrogen-bond acceptors (Lipinski definition) is 5. The van der Waals surface area contributed by atoms with Gasteiger partial charge in [0.15, 0.2) is 5.82 Å². The van der Waals surface area contributed by atoms with Crippen molar-refractivity contribution in [1.82, 2.24) is 19.4 Å². The molecule has 0 N–H and O–H groups in total. The number of carbonyl (C=O) groups is 1. The molecule has 0 bridgehead atoms. The number of aromatic nitrogens is 2. The predicted molar refractivity (Wildman–Crippen MR) is 89.9 cm³/mol. The summed E-state index contributed by atoms with van der Waals surface area (Å²) in [6.45, 7) is 6.54. The average Bonchev–Trinajstić information content (AvgIpc) is 2.92. The van der Waals surface area contributed by atoms with Gasteiger partial charge in [0.1, 0.15) is 0 Å². The second-order valence-electron chi connectivity index (χ2n) is 7.01. The van der Waals surface area contributed by atoms with Gasteiger partial charge in [0.05, 0.1) is 19.8 Å². The highest BCUT2D eigenvalue weighted by Gasteiger charge is 2.40. The molecular weight excluding hydrogens is 308 g/mol. The van der Waals surface area contributed by atoms with Gasteiger partial charge in [-0.05, 0) is 12.8 Å². The van der Waals surface area contributed by atoms with Crippen LogP contribution in [0.25, 0.3) is 0 Å². The van der Waals surface area contributed by atoms with E-state index in [1.165, 1.54) is 0 Å². The van der Waals surface area contributed by atoms with Crippen molar-refractivity contribution >= 4 is 5.91 Å². The Bertz CT molecular complexity index is 562. The van der Waals surface area contributed by atoms with E-state index >= 15 is 0 Å². The summed E-state index contributed by atoms with van der Waals surface area (Å²) in [4.78, 5) is 21.4. The second-order valence-corrected chi connectivity index (χ2v) is 7.01. The summed E-state index contributed by atoms with van der Waals surface area (Å²) in [5.74, 6) is 0.534. The van der Waals surface area contributed by atoms with Crippen LogP contribution in [-0.4, -0.2) is 84.9 Å². The molecular formula is C17H28N4O3. The molecule has 7 heteroatoms. The lowest BCUT2D eigenvalue weighted by atomic mass is 9.80. The van der Waals surface area contributed by atoms with Crippen molar-refractivity contribution in [3.8, 4) is 0 Å². The maximum absolute atomic E-state index is 12.8. The highest BCUT2D eigenvalue weighted by molar-refractivity contribution is 5.90. The van der Waals surface area contributed by atoms with E-state index in [9.17, 15) is 4.79 Å². The van der Waals surface area contributed by atoms with Crippen LogP contribution in [0, 0.1) is 5.41 Å². The number of piperidine rings is 1. The molecule has 3 rings (SSSR count). The number of nitrogens with zero attached hydrogens (tertiary/aromatic N) is 4. The van der Waals surface area contributed by atoms with E-state index in [4.69, 9.17) is 9.47 Å². The third-order valence-corrected chi connectivity index (χ3v) is 5.09. The molecule has 24 heavy (non-hydrogen) atoms. The number of carbonyl (C=O) groups excluding carboxylic acids is 1. The van der Waals surface area contributed by atoms with Crippen LogP contribution >= 0.6 is 0 Å². The fourth-order valence-electron chi connectivity index (χ4n) is 3.83. The zero-order valence-corrected chi connectivity index (χ0v) is 14.7. The van der Waals surface area contributed by atoms with Crippen molar-refractivity contribution in [3.63, 3.8) is 0 Å². The number of imidazole rings is 1. The molecule has 2 aliphatic heterocycles. The van der Waals surface area contributed by atoms with Crippen molar-refractivity contribution < 1.29 is 14.3 Å². The average molecular weight is 336 g/mol. The summed E-state index contributed by atoms with van der Waals surface area (Å²) < 4.78 is 12.9. The van der Waals surface area contributed by atoms with E-state index in [2.05, 4.69) is 9.88 Å². The maximum atomic E-state index is 12.8. The molecule has 2 fully saturated rings. The van der Waals surface area contributed by atoms with Gasteiger partial charge >= 0.3 is 0 Å². The van der Waals surface area contributed by atoms with Crippen LogP contribution in [0.1, 0.15) is 23.5 Å². The lowest BCUT2D eigenvalue weighted by Gasteiger charge is -2.43. The van der Waals surface area contributed by atoms with Crippen molar-refractivity contribution in [3.05, 3.63) is 18.2 Å². The summed E-state index contributed by atoms with van der Waals surface area (Å²) >= 11 is 0. The van der Waals surface area contributed by atoms with E-state index in [-0.39, 0.29) is 11.3 Å². The smallest absolute Gasteiger partial charge is 0.289 e. The molecule has 0 aromatic carbocycles.